The number of hydrazine groups is 1. The minimum absolute atomic E-state index is 0.587. The van der Waals surface area contributed by atoms with E-state index >= 15 is 0 Å². The van der Waals surface area contributed by atoms with Gasteiger partial charge in [0.2, 0.25) is 5.95 Å². The van der Waals surface area contributed by atoms with Crippen molar-refractivity contribution in [1.29, 1.82) is 0 Å². The number of aryl methyl sites for hydroxylation is 3. The van der Waals surface area contributed by atoms with E-state index in [0.29, 0.717) is 5.95 Å². The SMILES string of the molecule is Cc1cccc(CCc2nnc(NN)n2C)c1. The van der Waals surface area contributed by atoms with Crippen molar-refractivity contribution >= 4 is 5.95 Å². The molecule has 2 aromatic rings. The first-order chi connectivity index (χ1) is 8.20. The number of anilines is 1. The summed E-state index contributed by atoms with van der Waals surface area (Å²) in [5.41, 5.74) is 5.11. The van der Waals surface area contributed by atoms with Crippen LogP contribution in [-0.2, 0) is 19.9 Å². The van der Waals surface area contributed by atoms with Gasteiger partial charge in [-0.2, -0.15) is 0 Å². The molecule has 0 unspecified atom stereocenters. The third kappa shape index (κ3) is 2.62. The van der Waals surface area contributed by atoms with Gasteiger partial charge in [-0.1, -0.05) is 29.8 Å². The summed E-state index contributed by atoms with van der Waals surface area (Å²) < 4.78 is 1.87. The summed E-state index contributed by atoms with van der Waals surface area (Å²) in [6.07, 6.45) is 1.81. The molecule has 2 rings (SSSR count). The second-order valence-corrected chi connectivity index (χ2v) is 4.13. The molecule has 0 radical (unpaired) electrons. The van der Waals surface area contributed by atoms with Gasteiger partial charge in [-0.25, -0.2) is 5.84 Å². The number of hydrogen-bond donors (Lipinski definition) is 2. The van der Waals surface area contributed by atoms with Crippen LogP contribution in [0.3, 0.4) is 0 Å². The number of nitrogens with zero attached hydrogens (tertiary/aromatic N) is 3. The van der Waals surface area contributed by atoms with Crippen molar-refractivity contribution in [3.05, 3.63) is 41.2 Å². The van der Waals surface area contributed by atoms with E-state index in [-0.39, 0.29) is 0 Å². The van der Waals surface area contributed by atoms with Crippen LogP contribution >= 0.6 is 0 Å². The van der Waals surface area contributed by atoms with Crippen LogP contribution in [0.15, 0.2) is 24.3 Å². The van der Waals surface area contributed by atoms with Crippen LogP contribution in [0.25, 0.3) is 0 Å². The molecule has 90 valence electrons. The Bertz CT molecular complexity index is 503. The number of nitrogens with one attached hydrogen (secondary N) is 1. The molecule has 5 heteroatoms. The lowest BCUT2D eigenvalue weighted by Crippen LogP contribution is -2.12. The lowest BCUT2D eigenvalue weighted by Gasteiger charge is -2.04. The highest BCUT2D eigenvalue weighted by molar-refractivity contribution is 5.25. The van der Waals surface area contributed by atoms with Crippen LogP contribution in [-0.4, -0.2) is 14.8 Å². The Morgan fingerprint density at radius 2 is 2.12 bits per heavy atom. The fraction of sp³-hybridized carbons (Fsp3) is 0.333. The van der Waals surface area contributed by atoms with Gasteiger partial charge in [0, 0.05) is 13.5 Å². The highest BCUT2D eigenvalue weighted by Gasteiger charge is 2.07. The Balaban J connectivity index is 2.05. The fourth-order valence-corrected chi connectivity index (χ4v) is 1.83. The maximum absolute atomic E-state index is 5.32. The number of nitrogen functional groups attached to an aromatic ring is 1. The Kier molecular flexibility index (Phi) is 3.39. The lowest BCUT2D eigenvalue weighted by atomic mass is 10.1. The highest BCUT2D eigenvalue weighted by Crippen LogP contribution is 2.09. The zero-order valence-electron chi connectivity index (χ0n) is 10.1. The summed E-state index contributed by atoms with van der Waals surface area (Å²) >= 11 is 0. The number of hydrogen-bond acceptors (Lipinski definition) is 4. The smallest absolute Gasteiger partial charge is 0.238 e. The second kappa shape index (κ2) is 4.97. The van der Waals surface area contributed by atoms with E-state index < -0.39 is 0 Å². The first kappa shape index (κ1) is 11.6. The van der Waals surface area contributed by atoms with E-state index in [0.717, 1.165) is 18.7 Å². The van der Waals surface area contributed by atoms with E-state index in [9.17, 15) is 0 Å². The Labute approximate surface area is 101 Å². The summed E-state index contributed by atoms with van der Waals surface area (Å²) in [7, 11) is 1.90. The van der Waals surface area contributed by atoms with Gasteiger partial charge in [0.25, 0.3) is 0 Å². The minimum atomic E-state index is 0.587. The van der Waals surface area contributed by atoms with Gasteiger partial charge < -0.3 is 0 Å². The molecule has 3 N–H and O–H groups in total. The normalized spacial score (nSPS) is 10.5. The number of nitrogens with two attached hydrogens (primary N) is 1. The molecule has 5 nitrogen and oxygen atoms in total. The van der Waals surface area contributed by atoms with Crippen LogP contribution < -0.4 is 11.3 Å². The summed E-state index contributed by atoms with van der Waals surface area (Å²) in [5.74, 6) is 6.84. The average molecular weight is 231 g/mol. The van der Waals surface area contributed by atoms with Gasteiger partial charge in [0.1, 0.15) is 5.82 Å². The predicted octanol–water partition coefficient (Wildman–Crippen LogP) is 1.19. The van der Waals surface area contributed by atoms with Crippen molar-refractivity contribution in [2.45, 2.75) is 19.8 Å². The highest BCUT2D eigenvalue weighted by atomic mass is 15.4. The molecule has 0 fully saturated rings. The average Bonchev–Trinajstić information content (AvgIpc) is 2.67. The lowest BCUT2D eigenvalue weighted by molar-refractivity contribution is 0.771. The molecule has 0 amide bonds. The van der Waals surface area contributed by atoms with Crippen molar-refractivity contribution in [1.82, 2.24) is 14.8 Å². The summed E-state index contributed by atoms with van der Waals surface area (Å²) in [6, 6.07) is 8.50. The van der Waals surface area contributed by atoms with Crippen molar-refractivity contribution in [2.24, 2.45) is 12.9 Å². The maximum atomic E-state index is 5.32. The van der Waals surface area contributed by atoms with Crippen molar-refractivity contribution in [2.75, 3.05) is 5.43 Å². The van der Waals surface area contributed by atoms with E-state index in [4.69, 9.17) is 5.84 Å². The zero-order valence-corrected chi connectivity index (χ0v) is 10.1. The van der Waals surface area contributed by atoms with Crippen LogP contribution in [0.2, 0.25) is 0 Å². The van der Waals surface area contributed by atoms with Gasteiger partial charge in [0.15, 0.2) is 0 Å². The molecule has 1 heterocycles. The van der Waals surface area contributed by atoms with E-state index in [1.807, 2.05) is 11.6 Å². The molecule has 0 saturated heterocycles. The number of aromatic nitrogens is 3. The molecule has 0 atom stereocenters. The standard InChI is InChI=1S/C12H17N5/c1-9-4-3-5-10(8-9)6-7-11-15-16-12(14-13)17(11)2/h3-5,8H,6-7,13H2,1-2H3,(H,14,16). The largest absolute Gasteiger partial charge is 0.300 e. The third-order valence-electron chi connectivity index (χ3n) is 2.81. The molecular weight excluding hydrogens is 214 g/mol. The molecule has 0 spiro atoms. The molecular formula is C12H17N5. The molecule has 0 bridgehead atoms. The summed E-state index contributed by atoms with van der Waals surface area (Å²) in [4.78, 5) is 0. The Hall–Kier alpha value is -1.88. The van der Waals surface area contributed by atoms with Crippen LogP contribution in [0.5, 0.6) is 0 Å². The summed E-state index contributed by atoms with van der Waals surface area (Å²) in [5, 5.41) is 8.04. The Morgan fingerprint density at radius 1 is 1.29 bits per heavy atom. The van der Waals surface area contributed by atoms with Gasteiger partial charge in [-0.15, -0.1) is 10.2 Å². The van der Waals surface area contributed by atoms with Gasteiger partial charge in [0.05, 0.1) is 0 Å². The topological polar surface area (TPSA) is 68.8 Å². The molecule has 0 saturated carbocycles. The van der Waals surface area contributed by atoms with E-state index in [2.05, 4.69) is 46.8 Å². The van der Waals surface area contributed by atoms with Crippen LogP contribution in [0.4, 0.5) is 5.95 Å². The molecule has 0 aliphatic carbocycles. The first-order valence-corrected chi connectivity index (χ1v) is 5.61. The minimum Gasteiger partial charge on any atom is -0.300 e. The van der Waals surface area contributed by atoms with Gasteiger partial charge >= 0.3 is 0 Å². The number of benzene rings is 1. The molecule has 17 heavy (non-hydrogen) atoms. The molecule has 1 aromatic heterocycles. The van der Waals surface area contributed by atoms with Crippen molar-refractivity contribution in [3.63, 3.8) is 0 Å². The predicted molar refractivity (Wildman–Crippen MR) is 67.4 cm³/mol. The van der Waals surface area contributed by atoms with Crippen LogP contribution in [0.1, 0.15) is 17.0 Å². The molecule has 1 aromatic carbocycles. The molecule has 0 aliphatic heterocycles. The van der Waals surface area contributed by atoms with E-state index in [1.54, 1.807) is 0 Å². The molecule has 0 aliphatic rings. The third-order valence-corrected chi connectivity index (χ3v) is 2.81. The van der Waals surface area contributed by atoms with E-state index in [1.165, 1.54) is 11.1 Å². The Morgan fingerprint density at radius 3 is 2.76 bits per heavy atom. The fourth-order valence-electron chi connectivity index (χ4n) is 1.83. The maximum Gasteiger partial charge on any atom is 0.238 e. The second-order valence-electron chi connectivity index (χ2n) is 4.13. The monoisotopic (exact) mass is 231 g/mol. The zero-order chi connectivity index (χ0) is 12.3. The number of rotatable bonds is 4. The quantitative estimate of drug-likeness (QED) is 0.612. The van der Waals surface area contributed by atoms with Crippen LogP contribution in [0, 0.1) is 6.92 Å². The van der Waals surface area contributed by atoms with Crippen molar-refractivity contribution < 1.29 is 0 Å². The first-order valence-electron chi connectivity index (χ1n) is 5.61. The van der Waals surface area contributed by atoms with Gasteiger partial charge in [-0.3, -0.25) is 9.99 Å². The van der Waals surface area contributed by atoms with Crippen molar-refractivity contribution in [3.8, 4) is 0 Å². The van der Waals surface area contributed by atoms with Gasteiger partial charge in [-0.05, 0) is 18.9 Å². The summed E-state index contributed by atoms with van der Waals surface area (Å²) in [6.45, 7) is 2.10.